The summed E-state index contributed by atoms with van der Waals surface area (Å²) in [4.78, 5) is 14.2. The van der Waals surface area contributed by atoms with Gasteiger partial charge in [0, 0.05) is 16.8 Å². The molecule has 5 heteroatoms. The predicted octanol–water partition coefficient (Wildman–Crippen LogP) is 4.13. The van der Waals surface area contributed by atoms with Crippen LogP contribution in [0, 0.1) is 5.82 Å². The largest absolute Gasteiger partial charge is 0.394 e. The summed E-state index contributed by atoms with van der Waals surface area (Å²) in [6.07, 6.45) is 4.60. The van der Waals surface area contributed by atoms with Crippen molar-refractivity contribution in [2.24, 2.45) is 5.73 Å². The molecule has 3 nitrogen and oxygen atoms in total. The summed E-state index contributed by atoms with van der Waals surface area (Å²) in [5.74, 6) is -0.0469. The Labute approximate surface area is 152 Å². The van der Waals surface area contributed by atoms with E-state index in [9.17, 15) is 14.3 Å². The molecule has 0 aliphatic rings. The molecule has 1 aromatic carbocycles. The summed E-state index contributed by atoms with van der Waals surface area (Å²) in [7, 11) is 0. The summed E-state index contributed by atoms with van der Waals surface area (Å²) in [6, 6.07) is 10.4. The van der Waals surface area contributed by atoms with Crippen molar-refractivity contribution in [3.63, 3.8) is 0 Å². The Balaban J connectivity index is 1.73. The van der Waals surface area contributed by atoms with Crippen molar-refractivity contribution in [3.8, 4) is 0 Å². The molecule has 0 spiro atoms. The number of rotatable bonds is 10. The van der Waals surface area contributed by atoms with E-state index >= 15 is 0 Å². The Kier molecular flexibility index (Phi) is 7.29. The Morgan fingerprint density at radius 3 is 2.56 bits per heavy atom. The first kappa shape index (κ1) is 19.8. The van der Waals surface area contributed by atoms with Gasteiger partial charge in [0.15, 0.2) is 5.78 Å². The van der Waals surface area contributed by atoms with Crippen molar-refractivity contribution in [2.45, 2.75) is 51.0 Å². The van der Waals surface area contributed by atoms with Gasteiger partial charge < -0.3 is 10.8 Å². The predicted molar refractivity (Wildman–Crippen MR) is 101 cm³/mol. The number of ketones is 1. The summed E-state index contributed by atoms with van der Waals surface area (Å²) >= 11 is 1.52. The van der Waals surface area contributed by atoms with Gasteiger partial charge in [-0.15, -0.1) is 11.3 Å². The zero-order valence-corrected chi connectivity index (χ0v) is 15.4. The monoisotopic (exact) mass is 363 g/mol. The van der Waals surface area contributed by atoms with Gasteiger partial charge in [-0.3, -0.25) is 4.79 Å². The van der Waals surface area contributed by atoms with Crippen LogP contribution < -0.4 is 5.73 Å². The van der Waals surface area contributed by atoms with Crippen LogP contribution in [0.5, 0.6) is 0 Å². The van der Waals surface area contributed by atoms with Crippen LogP contribution >= 0.6 is 11.3 Å². The number of aliphatic hydroxyl groups excluding tert-OH is 1. The molecular formula is C20H26FNO2S. The number of aryl methyl sites for hydroxylation is 2. The van der Waals surface area contributed by atoms with E-state index in [1.807, 2.05) is 19.1 Å². The van der Waals surface area contributed by atoms with E-state index in [0.717, 1.165) is 41.0 Å². The number of carbonyl (C=O) groups is 1. The van der Waals surface area contributed by atoms with Crippen LogP contribution in [-0.2, 0) is 12.8 Å². The number of nitrogens with two attached hydrogens (primary N) is 1. The van der Waals surface area contributed by atoms with Crippen LogP contribution in [0.4, 0.5) is 4.39 Å². The molecule has 0 saturated heterocycles. The lowest BCUT2D eigenvalue weighted by atomic mass is 9.98. The zero-order valence-electron chi connectivity index (χ0n) is 14.6. The fourth-order valence-electron chi connectivity index (χ4n) is 2.54. The number of unbranched alkanes of at least 4 members (excludes halogenated alkanes) is 1. The van der Waals surface area contributed by atoms with Crippen molar-refractivity contribution in [3.05, 3.63) is 57.5 Å². The lowest BCUT2D eigenvalue weighted by molar-refractivity contribution is 0.0983. The fourth-order valence-corrected chi connectivity index (χ4v) is 3.51. The number of hydrogen-bond donors (Lipinski definition) is 2. The van der Waals surface area contributed by atoms with E-state index in [-0.39, 0.29) is 18.2 Å². The van der Waals surface area contributed by atoms with Crippen LogP contribution in [0.25, 0.3) is 0 Å². The molecule has 0 bridgehead atoms. The van der Waals surface area contributed by atoms with E-state index in [1.165, 1.54) is 23.5 Å². The van der Waals surface area contributed by atoms with Crippen LogP contribution in [0.2, 0.25) is 0 Å². The highest BCUT2D eigenvalue weighted by Gasteiger charge is 2.17. The Morgan fingerprint density at radius 2 is 1.88 bits per heavy atom. The summed E-state index contributed by atoms with van der Waals surface area (Å²) < 4.78 is 12.8. The third kappa shape index (κ3) is 6.69. The minimum Gasteiger partial charge on any atom is -0.394 e. The molecule has 3 N–H and O–H groups in total. The maximum atomic E-state index is 12.8. The first-order valence-corrected chi connectivity index (χ1v) is 9.47. The molecule has 2 rings (SSSR count). The normalized spacial score (nSPS) is 13.6. The van der Waals surface area contributed by atoms with Crippen molar-refractivity contribution < 1.29 is 14.3 Å². The molecule has 0 saturated carbocycles. The highest BCUT2D eigenvalue weighted by molar-refractivity contribution is 7.14. The Hall–Kier alpha value is -1.56. The van der Waals surface area contributed by atoms with Crippen LogP contribution in [0.15, 0.2) is 36.4 Å². The molecular weight excluding hydrogens is 337 g/mol. The summed E-state index contributed by atoms with van der Waals surface area (Å²) in [5, 5.41) is 9.19. The van der Waals surface area contributed by atoms with E-state index in [1.54, 1.807) is 12.1 Å². The Bertz CT molecular complexity index is 679. The van der Waals surface area contributed by atoms with Crippen molar-refractivity contribution in [1.29, 1.82) is 0 Å². The standard InChI is InChI=1S/C20H26FNO2S/c1-20(22,14-23)13-12-17-10-11-19(25-17)18(24)5-3-2-4-15-6-8-16(21)9-7-15/h6-11,23H,2-5,12-14,22H2,1H3. The first-order valence-electron chi connectivity index (χ1n) is 8.66. The summed E-state index contributed by atoms with van der Waals surface area (Å²) in [6.45, 7) is 1.78. The zero-order chi connectivity index (χ0) is 18.3. The average Bonchev–Trinajstić information content (AvgIpc) is 3.08. The molecule has 1 atom stereocenters. The minimum absolute atomic E-state index is 0.0434. The quantitative estimate of drug-likeness (QED) is 0.493. The van der Waals surface area contributed by atoms with Crippen molar-refractivity contribution in [1.82, 2.24) is 0 Å². The molecule has 0 radical (unpaired) electrons. The third-order valence-electron chi connectivity index (χ3n) is 4.27. The van der Waals surface area contributed by atoms with Crippen LogP contribution in [0.3, 0.4) is 0 Å². The van der Waals surface area contributed by atoms with Gasteiger partial charge in [-0.1, -0.05) is 12.1 Å². The highest BCUT2D eigenvalue weighted by atomic mass is 32.1. The number of thiophene rings is 1. The van der Waals surface area contributed by atoms with Gasteiger partial charge in [0.25, 0.3) is 0 Å². The molecule has 1 unspecified atom stereocenters. The van der Waals surface area contributed by atoms with Crippen LogP contribution in [-0.4, -0.2) is 23.0 Å². The molecule has 0 aliphatic carbocycles. The van der Waals surface area contributed by atoms with Gasteiger partial charge in [0.05, 0.1) is 11.5 Å². The summed E-state index contributed by atoms with van der Waals surface area (Å²) in [5.41, 5.74) is 6.46. The lowest BCUT2D eigenvalue weighted by Gasteiger charge is -2.20. The number of carbonyl (C=O) groups excluding carboxylic acids is 1. The smallest absolute Gasteiger partial charge is 0.172 e. The maximum Gasteiger partial charge on any atom is 0.172 e. The van der Waals surface area contributed by atoms with E-state index in [4.69, 9.17) is 5.73 Å². The van der Waals surface area contributed by atoms with E-state index in [0.29, 0.717) is 12.8 Å². The molecule has 1 heterocycles. The number of hydrogen-bond acceptors (Lipinski definition) is 4. The number of halogens is 1. The van der Waals surface area contributed by atoms with E-state index in [2.05, 4.69) is 0 Å². The van der Waals surface area contributed by atoms with Gasteiger partial charge in [-0.25, -0.2) is 4.39 Å². The highest BCUT2D eigenvalue weighted by Crippen LogP contribution is 2.22. The topological polar surface area (TPSA) is 63.3 Å². The van der Waals surface area contributed by atoms with Gasteiger partial charge >= 0.3 is 0 Å². The van der Waals surface area contributed by atoms with Gasteiger partial charge in [-0.05, 0) is 68.9 Å². The SMILES string of the molecule is CC(N)(CO)CCc1ccc(C(=O)CCCCc2ccc(F)cc2)s1. The number of aliphatic hydroxyl groups is 1. The van der Waals surface area contributed by atoms with Gasteiger partial charge in [0.2, 0.25) is 0 Å². The van der Waals surface area contributed by atoms with Crippen molar-refractivity contribution >= 4 is 17.1 Å². The molecule has 136 valence electrons. The molecule has 0 fully saturated rings. The second-order valence-corrected chi connectivity index (χ2v) is 8.00. The molecule has 25 heavy (non-hydrogen) atoms. The molecule has 1 aromatic heterocycles. The maximum absolute atomic E-state index is 12.8. The second-order valence-electron chi connectivity index (χ2n) is 6.83. The van der Waals surface area contributed by atoms with Gasteiger partial charge in [-0.2, -0.15) is 0 Å². The third-order valence-corrected chi connectivity index (χ3v) is 5.46. The number of benzene rings is 1. The molecule has 2 aromatic rings. The number of Topliss-reactive ketones (excluding diaryl/α,β-unsaturated/α-hetero) is 1. The van der Waals surface area contributed by atoms with Crippen molar-refractivity contribution in [2.75, 3.05) is 6.61 Å². The molecule has 0 amide bonds. The average molecular weight is 363 g/mol. The van der Waals surface area contributed by atoms with Gasteiger partial charge in [0.1, 0.15) is 5.82 Å². The van der Waals surface area contributed by atoms with Crippen LogP contribution in [0.1, 0.15) is 52.7 Å². The fraction of sp³-hybridized carbons (Fsp3) is 0.450. The second kappa shape index (κ2) is 9.22. The Morgan fingerprint density at radius 1 is 1.16 bits per heavy atom. The lowest BCUT2D eigenvalue weighted by Crippen LogP contribution is -2.40. The van der Waals surface area contributed by atoms with E-state index < -0.39 is 5.54 Å². The minimum atomic E-state index is -0.575. The molecule has 0 aliphatic heterocycles. The first-order chi connectivity index (χ1) is 11.9.